The number of hydrogen-bond donors (Lipinski definition) is 1. The van der Waals surface area contributed by atoms with Gasteiger partial charge in [-0.05, 0) is 59.7 Å². The van der Waals surface area contributed by atoms with Gasteiger partial charge >= 0.3 is 0 Å². The van der Waals surface area contributed by atoms with Crippen molar-refractivity contribution in [1.82, 2.24) is 10.3 Å². The van der Waals surface area contributed by atoms with E-state index in [1.54, 1.807) is 54.7 Å². The van der Waals surface area contributed by atoms with E-state index in [9.17, 15) is 13.2 Å². The third kappa shape index (κ3) is 5.88. The molecule has 0 aliphatic rings. The second-order valence-corrected chi connectivity index (χ2v) is 9.69. The fourth-order valence-corrected chi connectivity index (χ4v) is 4.89. The van der Waals surface area contributed by atoms with Crippen molar-refractivity contribution in [1.29, 1.82) is 0 Å². The van der Waals surface area contributed by atoms with Gasteiger partial charge in [0, 0.05) is 25.0 Å². The number of sulfone groups is 1. The van der Waals surface area contributed by atoms with E-state index in [4.69, 9.17) is 27.9 Å². The lowest BCUT2D eigenvalue weighted by atomic mass is 10.2. The molecule has 1 aromatic heterocycles. The molecule has 0 fully saturated rings. The Hall–Kier alpha value is -2.87. The van der Waals surface area contributed by atoms with E-state index < -0.39 is 21.0 Å². The fraction of sp³-hybridized carbons (Fsp3) is 0.130. The van der Waals surface area contributed by atoms with Crippen molar-refractivity contribution in [2.24, 2.45) is 0 Å². The Morgan fingerprint density at radius 1 is 1.12 bits per heavy atom. The van der Waals surface area contributed by atoms with Crippen LogP contribution in [0, 0.1) is 0 Å². The number of nitrogens with one attached hydrogen (secondary N) is 1. The molecule has 1 amide bonds. The van der Waals surface area contributed by atoms with Gasteiger partial charge < -0.3 is 10.1 Å². The van der Waals surface area contributed by atoms with Crippen LogP contribution in [0.2, 0.25) is 10.0 Å². The lowest BCUT2D eigenvalue weighted by Gasteiger charge is -2.18. The maximum atomic E-state index is 13.3. The van der Waals surface area contributed by atoms with Gasteiger partial charge in [0.25, 0.3) is 0 Å². The highest BCUT2D eigenvalue weighted by Gasteiger charge is 2.29. The number of aromatic nitrogens is 1. The second kappa shape index (κ2) is 10.6. The van der Waals surface area contributed by atoms with E-state index in [1.165, 1.54) is 31.5 Å². The smallest absolute Gasteiger partial charge is 0.244 e. The molecule has 0 spiro atoms. The Labute approximate surface area is 196 Å². The number of carbonyl (C=O) groups is 1. The molecule has 6 nitrogen and oxygen atoms in total. The number of benzene rings is 2. The van der Waals surface area contributed by atoms with E-state index in [2.05, 4.69) is 10.3 Å². The van der Waals surface area contributed by atoms with Crippen molar-refractivity contribution in [3.8, 4) is 5.75 Å². The van der Waals surface area contributed by atoms with E-state index >= 15 is 0 Å². The summed E-state index contributed by atoms with van der Waals surface area (Å²) in [6.45, 7) is -0.134. The van der Waals surface area contributed by atoms with E-state index in [0.29, 0.717) is 26.9 Å². The van der Waals surface area contributed by atoms with Crippen LogP contribution >= 0.6 is 23.2 Å². The summed E-state index contributed by atoms with van der Waals surface area (Å²) in [6.07, 6.45) is 5.90. The van der Waals surface area contributed by atoms with Crippen LogP contribution in [0.15, 0.2) is 78.0 Å². The van der Waals surface area contributed by atoms with Crippen LogP contribution in [0.5, 0.6) is 5.75 Å². The van der Waals surface area contributed by atoms with Crippen LogP contribution in [-0.4, -0.2) is 33.0 Å². The molecule has 3 aromatic rings. The number of methoxy groups -OCH3 is 1. The molecule has 0 bridgehead atoms. The maximum Gasteiger partial charge on any atom is 0.244 e. The Kier molecular flexibility index (Phi) is 7.90. The first-order valence-corrected chi connectivity index (χ1v) is 11.8. The Morgan fingerprint density at radius 2 is 1.88 bits per heavy atom. The lowest BCUT2D eigenvalue weighted by molar-refractivity contribution is -0.116. The normalized spacial score (nSPS) is 12.5. The number of pyridine rings is 1. The molecule has 32 heavy (non-hydrogen) atoms. The first kappa shape index (κ1) is 23.8. The highest BCUT2D eigenvalue weighted by atomic mass is 35.5. The summed E-state index contributed by atoms with van der Waals surface area (Å²) in [5.41, 5.74) is 1.15. The molecular weight excluding hydrogens is 471 g/mol. The van der Waals surface area contributed by atoms with Crippen LogP contribution in [-0.2, 0) is 14.6 Å². The quantitative estimate of drug-likeness (QED) is 0.460. The summed E-state index contributed by atoms with van der Waals surface area (Å²) in [5.74, 6) is 0.0949. The Balaban J connectivity index is 1.79. The number of nitrogens with zero attached hydrogens (tertiary/aromatic N) is 1. The summed E-state index contributed by atoms with van der Waals surface area (Å²) in [4.78, 5) is 16.5. The largest absolute Gasteiger partial charge is 0.497 e. The van der Waals surface area contributed by atoms with Gasteiger partial charge in [-0.25, -0.2) is 8.42 Å². The highest BCUT2D eigenvalue weighted by Crippen LogP contribution is 2.29. The predicted octanol–water partition coefficient (Wildman–Crippen LogP) is 4.74. The van der Waals surface area contributed by atoms with Gasteiger partial charge in [0.2, 0.25) is 5.91 Å². The number of rotatable bonds is 8. The van der Waals surface area contributed by atoms with Gasteiger partial charge in [-0.2, -0.15) is 0 Å². The van der Waals surface area contributed by atoms with Crippen LogP contribution in [0.25, 0.3) is 6.08 Å². The number of hydrogen-bond acceptors (Lipinski definition) is 5. The summed E-state index contributed by atoms with van der Waals surface area (Å²) >= 11 is 11.9. The van der Waals surface area contributed by atoms with Gasteiger partial charge in [-0.3, -0.25) is 9.78 Å². The van der Waals surface area contributed by atoms with Crippen molar-refractivity contribution in [2.75, 3.05) is 13.7 Å². The van der Waals surface area contributed by atoms with Crippen molar-refractivity contribution >= 4 is 45.0 Å². The number of halogens is 2. The molecule has 0 saturated carbocycles. The summed E-state index contributed by atoms with van der Waals surface area (Å²) in [6, 6.07) is 14.4. The van der Waals surface area contributed by atoms with E-state index in [0.717, 1.165) is 0 Å². The summed E-state index contributed by atoms with van der Waals surface area (Å²) in [5, 5.41) is 2.42. The van der Waals surface area contributed by atoms with Crippen molar-refractivity contribution in [3.05, 3.63) is 94.2 Å². The average Bonchev–Trinajstić information content (AvgIpc) is 2.80. The maximum absolute atomic E-state index is 13.3. The molecule has 1 N–H and O–H groups in total. The number of carbonyl (C=O) groups excluding carboxylic acids is 1. The first-order chi connectivity index (χ1) is 15.3. The van der Waals surface area contributed by atoms with E-state index in [1.807, 2.05) is 0 Å². The number of ether oxygens (including phenoxy) is 1. The fourth-order valence-electron chi connectivity index (χ4n) is 2.94. The molecule has 2 aromatic carbocycles. The molecule has 0 radical (unpaired) electrons. The first-order valence-electron chi connectivity index (χ1n) is 9.50. The van der Waals surface area contributed by atoms with Crippen molar-refractivity contribution in [3.63, 3.8) is 0 Å². The zero-order valence-corrected chi connectivity index (χ0v) is 19.4. The monoisotopic (exact) mass is 490 g/mol. The van der Waals surface area contributed by atoms with Crippen LogP contribution in [0.3, 0.4) is 0 Å². The third-order valence-electron chi connectivity index (χ3n) is 4.65. The van der Waals surface area contributed by atoms with Gasteiger partial charge in [0.15, 0.2) is 9.84 Å². The molecule has 0 saturated heterocycles. The predicted molar refractivity (Wildman–Crippen MR) is 126 cm³/mol. The van der Waals surface area contributed by atoms with Crippen molar-refractivity contribution < 1.29 is 17.9 Å². The summed E-state index contributed by atoms with van der Waals surface area (Å²) in [7, 11) is -2.32. The second-order valence-electron chi connectivity index (χ2n) is 6.75. The van der Waals surface area contributed by atoms with Gasteiger partial charge in [0.05, 0.1) is 22.1 Å². The molecule has 0 aliphatic heterocycles. The summed E-state index contributed by atoms with van der Waals surface area (Å²) < 4.78 is 31.8. The van der Waals surface area contributed by atoms with Crippen LogP contribution in [0.1, 0.15) is 16.4 Å². The molecule has 1 unspecified atom stereocenters. The SMILES string of the molecule is COc1ccc(S(=O)(=O)C(CNC(=O)/C=C/c2ccc(Cl)c(Cl)c2)c2cccnc2)cc1. The minimum atomic E-state index is -3.82. The Morgan fingerprint density at radius 3 is 2.50 bits per heavy atom. The van der Waals surface area contributed by atoms with Gasteiger partial charge in [-0.1, -0.05) is 35.3 Å². The average molecular weight is 491 g/mol. The minimum absolute atomic E-state index is 0.118. The lowest BCUT2D eigenvalue weighted by Crippen LogP contribution is -2.31. The van der Waals surface area contributed by atoms with Crippen molar-refractivity contribution in [2.45, 2.75) is 10.1 Å². The van der Waals surface area contributed by atoms with Gasteiger partial charge in [0.1, 0.15) is 11.0 Å². The van der Waals surface area contributed by atoms with Crippen LogP contribution < -0.4 is 10.1 Å². The molecule has 3 rings (SSSR count). The standard InChI is InChI=1S/C23H20Cl2N2O4S/c1-31-18-6-8-19(9-7-18)32(29,30)22(17-3-2-12-26-14-17)15-27-23(28)11-5-16-4-10-20(24)21(25)13-16/h2-14,22H,15H2,1H3,(H,27,28)/b11-5+. The molecule has 1 heterocycles. The minimum Gasteiger partial charge on any atom is -0.497 e. The highest BCUT2D eigenvalue weighted by molar-refractivity contribution is 7.91. The van der Waals surface area contributed by atoms with Gasteiger partial charge in [-0.15, -0.1) is 0 Å². The zero-order valence-electron chi connectivity index (χ0n) is 17.0. The molecule has 9 heteroatoms. The van der Waals surface area contributed by atoms with Crippen LogP contribution in [0.4, 0.5) is 0 Å². The molecule has 166 valence electrons. The number of amides is 1. The third-order valence-corrected chi connectivity index (χ3v) is 7.51. The Bertz CT molecular complexity index is 1210. The molecule has 0 aliphatic carbocycles. The van der Waals surface area contributed by atoms with E-state index in [-0.39, 0.29) is 11.4 Å². The topological polar surface area (TPSA) is 85.4 Å². The molecular formula is C23H20Cl2N2O4S. The zero-order chi connectivity index (χ0) is 23.1. The molecule has 1 atom stereocenters.